The number of amides is 1. The van der Waals surface area contributed by atoms with Gasteiger partial charge in [-0.2, -0.15) is 11.8 Å². The Kier molecular flexibility index (Phi) is 8.05. The normalized spacial score (nSPS) is 10.7. The van der Waals surface area contributed by atoms with Crippen LogP contribution in [0.5, 0.6) is 5.75 Å². The van der Waals surface area contributed by atoms with Gasteiger partial charge in [0.1, 0.15) is 5.75 Å². The fourth-order valence-electron chi connectivity index (χ4n) is 1.78. The van der Waals surface area contributed by atoms with E-state index in [-0.39, 0.29) is 5.91 Å². The Morgan fingerprint density at radius 2 is 2.14 bits per heavy atom. The Hall–Kier alpha value is -1.36. The monoisotopic (exact) mass is 310 g/mol. The highest BCUT2D eigenvalue weighted by Gasteiger charge is 2.07. The summed E-state index contributed by atoms with van der Waals surface area (Å²) in [5, 5.41) is 2.87. The molecule has 1 aromatic rings. The van der Waals surface area contributed by atoms with Gasteiger partial charge in [0.15, 0.2) is 0 Å². The molecule has 1 rings (SSSR count). The number of carbonyl (C=O) groups is 1. The maximum atomic E-state index is 11.9. The highest BCUT2D eigenvalue weighted by atomic mass is 32.2. The second kappa shape index (κ2) is 9.55. The fraction of sp³-hybridized carbons (Fsp3) is 0.562. The van der Waals surface area contributed by atoms with Gasteiger partial charge in [0.2, 0.25) is 5.91 Å². The molecule has 118 valence electrons. The second-order valence-electron chi connectivity index (χ2n) is 5.41. The summed E-state index contributed by atoms with van der Waals surface area (Å²) in [6.07, 6.45) is 2.66. The molecule has 0 saturated heterocycles. The standard InChI is InChI=1S/C16H26N2O2S/c1-12(2)8-10-21-9-4-5-16(19)18-14-7-6-13(17)11-15(14)20-3/h6-7,11-12H,4-5,8-10,17H2,1-3H3,(H,18,19). The molecule has 0 aliphatic rings. The van der Waals surface area contributed by atoms with Crippen molar-refractivity contribution >= 4 is 29.0 Å². The Morgan fingerprint density at radius 1 is 1.38 bits per heavy atom. The van der Waals surface area contributed by atoms with Crippen LogP contribution in [0.15, 0.2) is 18.2 Å². The summed E-state index contributed by atoms with van der Waals surface area (Å²) in [5.41, 5.74) is 6.97. The molecule has 0 atom stereocenters. The van der Waals surface area contributed by atoms with E-state index < -0.39 is 0 Å². The molecule has 0 aromatic heterocycles. The summed E-state index contributed by atoms with van der Waals surface area (Å²) in [5.74, 6) is 3.56. The Bertz CT molecular complexity index is 450. The van der Waals surface area contributed by atoms with Crippen LogP contribution >= 0.6 is 11.8 Å². The van der Waals surface area contributed by atoms with E-state index in [2.05, 4.69) is 19.2 Å². The van der Waals surface area contributed by atoms with Gasteiger partial charge in [-0.05, 0) is 42.4 Å². The molecule has 4 nitrogen and oxygen atoms in total. The van der Waals surface area contributed by atoms with Crippen molar-refractivity contribution in [2.45, 2.75) is 33.1 Å². The summed E-state index contributed by atoms with van der Waals surface area (Å²) in [7, 11) is 1.57. The van der Waals surface area contributed by atoms with Crippen LogP contribution in [-0.4, -0.2) is 24.5 Å². The van der Waals surface area contributed by atoms with E-state index in [9.17, 15) is 4.79 Å². The lowest BCUT2D eigenvalue weighted by atomic mass is 10.2. The first-order valence-corrected chi connectivity index (χ1v) is 8.49. The molecule has 0 bridgehead atoms. The van der Waals surface area contributed by atoms with Gasteiger partial charge in [-0.1, -0.05) is 13.8 Å². The number of anilines is 2. The van der Waals surface area contributed by atoms with Gasteiger partial charge in [-0.3, -0.25) is 4.79 Å². The minimum absolute atomic E-state index is 0.0162. The molecular formula is C16H26N2O2S. The molecule has 3 N–H and O–H groups in total. The summed E-state index contributed by atoms with van der Waals surface area (Å²) in [4.78, 5) is 11.9. The van der Waals surface area contributed by atoms with Crippen LogP contribution in [-0.2, 0) is 4.79 Å². The van der Waals surface area contributed by atoms with Gasteiger partial charge < -0.3 is 15.8 Å². The van der Waals surface area contributed by atoms with Crippen molar-refractivity contribution < 1.29 is 9.53 Å². The number of ether oxygens (including phenoxy) is 1. The van der Waals surface area contributed by atoms with Crippen molar-refractivity contribution in [2.75, 3.05) is 29.7 Å². The third-order valence-corrected chi connectivity index (χ3v) is 4.13. The second-order valence-corrected chi connectivity index (χ2v) is 6.63. The molecular weight excluding hydrogens is 284 g/mol. The van der Waals surface area contributed by atoms with Gasteiger partial charge in [0, 0.05) is 18.2 Å². The average molecular weight is 310 g/mol. The van der Waals surface area contributed by atoms with E-state index >= 15 is 0 Å². The Morgan fingerprint density at radius 3 is 2.81 bits per heavy atom. The first-order chi connectivity index (χ1) is 10.0. The maximum absolute atomic E-state index is 11.9. The van der Waals surface area contributed by atoms with Crippen LogP contribution in [0.4, 0.5) is 11.4 Å². The van der Waals surface area contributed by atoms with Gasteiger partial charge >= 0.3 is 0 Å². The first-order valence-electron chi connectivity index (χ1n) is 7.34. The topological polar surface area (TPSA) is 64.3 Å². The fourth-order valence-corrected chi connectivity index (χ4v) is 2.97. The molecule has 0 spiro atoms. The summed E-state index contributed by atoms with van der Waals surface area (Å²) in [6.45, 7) is 4.46. The van der Waals surface area contributed by atoms with Crippen molar-refractivity contribution in [3.63, 3.8) is 0 Å². The molecule has 21 heavy (non-hydrogen) atoms. The predicted molar refractivity (Wildman–Crippen MR) is 92.1 cm³/mol. The molecule has 1 aromatic carbocycles. The van der Waals surface area contributed by atoms with Crippen LogP contribution < -0.4 is 15.8 Å². The number of rotatable bonds is 9. The predicted octanol–water partition coefficient (Wildman–Crippen LogP) is 3.78. The molecule has 5 heteroatoms. The number of nitrogens with two attached hydrogens (primary N) is 1. The Labute approximate surface area is 131 Å². The number of benzene rings is 1. The quantitative estimate of drug-likeness (QED) is 0.538. The lowest BCUT2D eigenvalue weighted by molar-refractivity contribution is -0.116. The zero-order chi connectivity index (χ0) is 15.7. The van der Waals surface area contributed by atoms with E-state index in [1.807, 2.05) is 11.8 Å². The van der Waals surface area contributed by atoms with Crippen LogP contribution in [0, 0.1) is 5.92 Å². The summed E-state index contributed by atoms with van der Waals surface area (Å²) >= 11 is 1.92. The van der Waals surface area contributed by atoms with Crippen molar-refractivity contribution in [3.8, 4) is 5.75 Å². The molecule has 0 unspecified atom stereocenters. The van der Waals surface area contributed by atoms with Gasteiger partial charge in [-0.15, -0.1) is 0 Å². The van der Waals surface area contributed by atoms with Crippen molar-refractivity contribution in [1.82, 2.24) is 0 Å². The van der Waals surface area contributed by atoms with Crippen LogP contribution in [0.1, 0.15) is 33.1 Å². The van der Waals surface area contributed by atoms with Gasteiger partial charge in [-0.25, -0.2) is 0 Å². The van der Waals surface area contributed by atoms with E-state index in [0.717, 1.165) is 18.1 Å². The van der Waals surface area contributed by atoms with Crippen molar-refractivity contribution in [2.24, 2.45) is 5.92 Å². The van der Waals surface area contributed by atoms with E-state index in [0.29, 0.717) is 23.5 Å². The van der Waals surface area contributed by atoms with Gasteiger partial charge in [0.05, 0.1) is 12.8 Å². The molecule has 1 amide bonds. The third-order valence-electron chi connectivity index (χ3n) is 3.03. The van der Waals surface area contributed by atoms with E-state index in [1.54, 1.807) is 25.3 Å². The number of nitrogens with one attached hydrogen (secondary N) is 1. The summed E-state index contributed by atoms with van der Waals surface area (Å²) < 4.78 is 5.21. The zero-order valence-corrected chi connectivity index (χ0v) is 14.0. The Balaban J connectivity index is 2.28. The molecule has 0 saturated carbocycles. The molecule has 0 radical (unpaired) electrons. The smallest absolute Gasteiger partial charge is 0.224 e. The lowest BCUT2D eigenvalue weighted by Gasteiger charge is -2.10. The van der Waals surface area contributed by atoms with Crippen molar-refractivity contribution in [1.29, 1.82) is 0 Å². The van der Waals surface area contributed by atoms with Gasteiger partial charge in [0.25, 0.3) is 0 Å². The molecule has 0 heterocycles. The number of hydrogen-bond acceptors (Lipinski definition) is 4. The average Bonchev–Trinajstić information content (AvgIpc) is 2.44. The highest BCUT2D eigenvalue weighted by Crippen LogP contribution is 2.26. The van der Waals surface area contributed by atoms with E-state index in [1.165, 1.54) is 12.2 Å². The maximum Gasteiger partial charge on any atom is 0.224 e. The largest absolute Gasteiger partial charge is 0.494 e. The minimum Gasteiger partial charge on any atom is -0.494 e. The summed E-state index contributed by atoms with van der Waals surface area (Å²) in [6, 6.07) is 5.22. The molecule has 0 aliphatic carbocycles. The minimum atomic E-state index is 0.0162. The number of thioether (sulfide) groups is 1. The number of methoxy groups -OCH3 is 1. The number of hydrogen-bond donors (Lipinski definition) is 2. The van der Waals surface area contributed by atoms with E-state index in [4.69, 9.17) is 10.5 Å². The SMILES string of the molecule is COc1cc(N)ccc1NC(=O)CCCSCCC(C)C. The third kappa shape index (κ3) is 7.27. The molecule has 0 aliphatic heterocycles. The first kappa shape index (κ1) is 17.7. The van der Waals surface area contributed by atoms with Crippen molar-refractivity contribution in [3.05, 3.63) is 18.2 Å². The number of nitrogen functional groups attached to an aromatic ring is 1. The molecule has 0 fully saturated rings. The van der Waals surface area contributed by atoms with Crippen LogP contribution in [0.3, 0.4) is 0 Å². The van der Waals surface area contributed by atoms with Crippen LogP contribution in [0.25, 0.3) is 0 Å². The highest BCUT2D eigenvalue weighted by molar-refractivity contribution is 7.99. The number of carbonyl (C=O) groups excluding carboxylic acids is 1. The zero-order valence-electron chi connectivity index (χ0n) is 13.1. The lowest BCUT2D eigenvalue weighted by Crippen LogP contribution is -2.12. The van der Waals surface area contributed by atoms with Crippen LogP contribution in [0.2, 0.25) is 0 Å².